The smallest absolute Gasteiger partial charge is 0.167 e. The lowest BCUT2D eigenvalue weighted by Gasteiger charge is -2.00. The minimum absolute atomic E-state index is 0.0430. The van der Waals surface area contributed by atoms with E-state index in [0.29, 0.717) is 5.56 Å². The van der Waals surface area contributed by atoms with Crippen LogP contribution in [0.3, 0.4) is 0 Å². The normalized spacial score (nSPS) is 24.1. The van der Waals surface area contributed by atoms with Gasteiger partial charge in [-0.2, -0.15) is 0 Å². The van der Waals surface area contributed by atoms with Crippen LogP contribution >= 0.6 is 0 Å². The predicted octanol–water partition coefficient (Wildman–Crippen LogP) is 3.49. The number of carbonyl (C=O) groups is 2. The van der Waals surface area contributed by atoms with Crippen molar-refractivity contribution in [2.45, 2.75) is 12.8 Å². The summed E-state index contributed by atoms with van der Waals surface area (Å²) in [5.74, 6) is -0.128. The maximum atomic E-state index is 12.6. The van der Waals surface area contributed by atoms with E-state index in [1.54, 1.807) is 6.92 Å². The number of hydrogen-bond acceptors (Lipinski definition) is 2. The van der Waals surface area contributed by atoms with Gasteiger partial charge in [0.25, 0.3) is 0 Å². The molecule has 0 unspecified atom stereocenters. The molecule has 0 aliphatic heterocycles. The molecule has 20 heavy (non-hydrogen) atoms. The van der Waals surface area contributed by atoms with Gasteiger partial charge in [0.15, 0.2) is 5.78 Å². The van der Waals surface area contributed by atoms with Crippen molar-refractivity contribution in [1.82, 2.24) is 0 Å². The Morgan fingerprint density at radius 3 is 1.90 bits per heavy atom. The number of benzene rings is 2. The Kier molecular flexibility index (Phi) is 3.23. The fourth-order valence-corrected chi connectivity index (χ4v) is 3.03. The Hall–Kier alpha value is -2.22. The third kappa shape index (κ3) is 2.18. The molecule has 0 saturated heterocycles. The second kappa shape index (κ2) is 5.04. The lowest BCUT2D eigenvalue weighted by molar-refractivity contribution is -0.118. The molecule has 0 spiro atoms. The zero-order chi connectivity index (χ0) is 14.1. The highest BCUT2D eigenvalue weighted by Gasteiger charge is 2.57. The van der Waals surface area contributed by atoms with Crippen LogP contribution in [0.25, 0.3) is 0 Å². The van der Waals surface area contributed by atoms with Crippen LogP contribution in [-0.2, 0) is 4.79 Å². The standard InChI is InChI=1S/C18H16O2/c1-12(19)15-16(13-8-4-2-5-9-13)17(15)18(20)14-10-6-3-7-11-14/h2-11,15-17H,1H3/t15-,16-,17-/m1/s1. The second-order valence-electron chi connectivity index (χ2n) is 5.33. The summed E-state index contributed by atoms with van der Waals surface area (Å²) >= 11 is 0. The first-order valence-corrected chi connectivity index (χ1v) is 6.85. The quantitative estimate of drug-likeness (QED) is 0.792. The maximum absolute atomic E-state index is 12.6. The molecule has 2 heteroatoms. The van der Waals surface area contributed by atoms with Gasteiger partial charge < -0.3 is 0 Å². The van der Waals surface area contributed by atoms with Gasteiger partial charge in [-0.1, -0.05) is 60.7 Å². The average Bonchev–Trinajstić information content (AvgIpc) is 3.24. The number of rotatable bonds is 4. The van der Waals surface area contributed by atoms with Crippen LogP contribution in [0.2, 0.25) is 0 Å². The molecule has 3 rings (SSSR count). The monoisotopic (exact) mass is 264 g/mol. The van der Waals surface area contributed by atoms with Crippen molar-refractivity contribution in [3.63, 3.8) is 0 Å². The van der Waals surface area contributed by atoms with E-state index < -0.39 is 0 Å². The van der Waals surface area contributed by atoms with Crippen LogP contribution in [-0.4, -0.2) is 11.6 Å². The van der Waals surface area contributed by atoms with Gasteiger partial charge in [-0.3, -0.25) is 9.59 Å². The molecule has 2 aromatic carbocycles. The Balaban J connectivity index is 1.90. The van der Waals surface area contributed by atoms with Crippen molar-refractivity contribution < 1.29 is 9.59 Å². The SMILES string of the molecule is CC(=O)[C@H]1[C@@H](C(=O)c2ccccc2)[C@@H]1c1ccccc1. The van der Waals surface area contributed by atoms with Crippen LogP contribution in [0.4, 0.5) is 0 Å². The van der Waals surface area contributed by atoms with E-state index in [1.165, 1.54) is 0 Å². The average molecular weight is 264 g/mol. The first-order valence-electron chi connectivity index (χ1n) is 6.85. The minimum atomic E-state index is -0.197. The summed E-state index contributed by atoms with van der Waals surface area (Å²) in [6.07, 6.45) is 0. The Morgan fingerprint density at radius 2 is 1.35 bits per heavy atom. The van der Waals surface area contributed by atoms with Gasteiger partial charge >= 0.3 is 0 Å². The highest BCUT2D eigenvalue weighted by molar-refractivity contribution is 6.05. The van der Waals surface area contributed by atoms with Gasteiger partial charge in [-0.25, -0.2) is 0 Å². The van der Waals surface area contributed by atoms with Crippen LogP contribution < -0.4 is 0 Å². The number of Topliss-reactive ketones (excluding diaryl/α,β-unsaturated/α-hetero) is 2. The summed E-state index contributed by atoms with van der Waals surface area (Å²) in [6.45, 7) is 1.58. The van der Waals surface area contributed by atoms with Crippen LogP contribution in [0.15, 0.2) is 60.7 Å². The van der Waals surface area contributed by atoms with E-state index >= 15 is 0 Å². The van der Waals surface area contributed by atoms with Gasteiger partial charge in [0, 0.05) is 23.3 Å². The Bertz CT molecular complexity index is 631. The lowest BCUT2D eigenvalue weighted by Crippen LogP contribution is -2.06. The molecule has 100 valence electrons. The summed E-state index contributed by atoms with van der Waals surface area (Å²) in [5.41, 5.74) is 1.78. The van der Waals surface area contributed by atoms with E-state index in [9.17, 15) is 9.59 Å². The molecule has 1 aliphatic rings. The van der Waals surface area contributed by atoms with Gasteiger partial charge in [-0.05, 0) is 12.5 Å². The molecule has 0 aromatic heterocycles. The van der Waals surface area contributed by atoms with E-state index in [2.05, 4.69) is 0 Å². The van der Waals surface area contributed by atoms with Crippen molar-refractivity contribution in [3.8, 4) is 0 Å². The molecular formula is C18H16O2. The molecule has 0 heterocycles. The number of ketones is 2. The largest absolute Gasteiger partial charge is 0.300 e. The van der Waals surface area contributed by atoms with Crippen molar-refractivity contribution in [3.05, 3.63) is 71.8 Å². The molecule has 1 saturated carbocycles. The molecule has 3 atom stereocenters. The summed E-state index contributed by atoms with van der Waals surface area (Å²) < 4.78 is 0. The fraction of sp³-hybridized carbons (Fsp3) is 0.222. The molecule has 2 nitrogen and oxygen atoms in total. The van der Waals surface area contributed by atoms with Gasteiger partial charge in [0.2, 0.25) is 0 Å². The molecule has 0 N–H and O–H groups in total. The first kappa shape index (κ1) is 12.8. The van der Waals surface area contributed by atoms with Crippen molar-refractivity contribution in [2.75, 3.05) is 0 Å². The van der Waals surface area contributed by atoms with Crippen LogP contribution in [0.5, 0.6) is 0 Å². The predicted molar refractivity (Wildman–Crippen MR) is 77.6 cm³/mol. The van der Waals surface area contributed by atoms with Gasteiger partial charge in [0.1, 0.15) is 5.78 Å². The first-order chi connectivity index (χ1) is 9.70. The number of hydrogen-bond donors (Lipinski definition) is 0. The van der Waals surface area contributed by atoms with E-state index in [-0.39, 0.29) is 29.3 Å². The molecule has 2 aromatic rings. The van der Waals surface area contributed by atoms with Gasteiger partial charge in [0.05, 0.1) is 0 Å². The summed E-state index contributed by atoms with van der Waals surface area (Å²) in [6, 6.07) is 19.1. The zero-order valence-corrected chi connectivity index (χ0v) is 11.3. The van der Waals surface area contributed by atoms with Crippen molar-refractivity contribution in [2.24, 2.45) is 11.8 Å². The van der Waals surface area contributed by atoms with E-state index in [4.69, 9.17) is 0 Å². The zero-order valence-electron chi connectivity index (χ0n) is 11.3. The lowest BCUT2D eigenvalue weighted by atomic mass is 10.0. The minimum Gasteiger partial charge on any atom is -0.300 e. The summed E-state index contributed by atoms with van der Waals surface area (Å²) in [7, 11) is 0. The van der Waals surface area contributed by atoms with Crippen molar-refractivity contribution >= 4 is 11.6 Å². The van der Waals surface area contributed by atoms with E-state index in [1.807, 2.05) is 60.7 Å². The highest BCUT2D eigenvalue weighted by atomic mass is 16.1. The Morgan fingerprint density at radius 1 is 0.800 bits per heavy atom. The highest BCUT2D eigenvalue weighted by Crippen LogP contribution is 2.55. The third-order valence-electron chi connectivity index (χ3n) is 4.03. The Labute approximate surface area is 118 Å². The second-order valence-corrected chi connectivity index (χ2v) is 5.33. The molecule has 1 aliphatic carbocycles. The van der Waals surface area contributed by atoms with Crippen molar-refractivity contribution in [1.29, 1.82) is 0 Å². The summed E-state index contributed by atoms with van der Waals surface area (Å²) in [5, 5.41) is 0. The van der Waals surface area contributed by atoms with E-state index in [0.717, 1.165) is 5.56 Å². The van der Waals surface area contributed by atoms with Gasteiger partial charge in [-0.15, -0.1) is 0 Å². The number of carbonyl (C=O) groups excluding carboxylic acids is 2. The fourth-order valence-electron chi connectivity index (χ4n) is 3.03. The molecule has 1 fully saturated rings. The molecule has 0 bridgehead atoms. The topological polar surface area (TPSA) is 34.1 Å². The molecule has 0 radical (unpaired) electrons. The van der Waals surface area contributed by atoms with Crippen LogP contribution in [0.1, 0.15) is 28.8 Å². The third-order valence-corrected chi connectivity index (χ3v) is 4.03. The molecule has 0 amide bonds. The van der Waals surface area contributed by atoms with Crippen LogP contribution in [0, 0.1) is 11.8 Å². The maximum Gasteiger partial charge on any atom is 0.167 e. The summed E-state index contributed by atoms with van der Waals surface area (Å²) in [4.78, 5) is 24.3. The molecular weight excluding hydrogens is 248 g/mol.